The lowest BCUT2D eigenvalue weighted by Crippen LogP contribution is -2.37. The Morgan fingerprint density at radius 1 is 1.32 bits per heavy atom. The molecule has 0 bridgehead atoms. The highest BCUT2D eigenvalue weighted by atomic mass is 16.5. The van der Waals surface area contributed by atoms with Gasteiger partial charge in [0.1, 0.15) is 12.1 Å². The molecule has 1 aliphatic heterocycles. The first-order valence-corrected chi connectivity index (χ1v) is 8.57. The summed E-state index contributed by atoms with van der Waals surface area (Å²) in [5.41, 5.74) is 3.61. The highest BCUT2D eigenvalue weighted by molar-refractivity contribution is 5.79. The zero-order valence-corrected chi connectivity index (χ0v) is 15.0. The Morgan fingerprint density at radius 2 is 2.16 bits per heavy atom. The molecule has 7 heteroatoms. The Kier molecular flexibility index (Phi) is 5.43. The minimum absolute atomic E-state index is 0.0868. The number of hydrogen-bond acceptors (Lipinski definition) is 6. The van der Waals surface area contributed by atoms with Crippen molar-refractivity contribution in [1.82, 2.24) is 20.0 Å². The SMILES string of the molecule is Cc1cc(C[C@H]2COCCN(C(=O)Cc3c(C)noc3C)C2)ncn1. The zero-order valence-electron chi connectivity index (χ0n) is 15.0. The van der Waals surface area contributed by atoms with E-state index in [0.29, 0.717) is 38.5 Å². The van der Waals surface area contributed by atoms with Gasteiger partial charge in [-0.2, -0.15) is 0 Å². The van der Waals surface area contributed by atoms with Gasteiger partial charge < -0.3 is 14.2 Å². The quantitative estimate of drug-likeness (QED) is 0.839. The largest absolute Gasteiger partial charge is 0.379 e. The number of nitrogens with zero attached hydrogens (tertiary/aromatic N) is 4. The summed E-state index contributed by atoms with van der Waals surface area (Å²) in [5.74, 6) is 1.03. The number of rotatable bonds is 4. The number of ether oxygens (including phenoxy) is 1. The molecule has 1 amide bonds. The lowest BCUT2D eigenvalue weighted by atomic mass is 10.0. The molecule has 134 valence electrons. The minimum Gasteiger partial charge on any atom is -0.379 e. The van der Waals surface area contributed by atoms with Gasteiger partial charge in [-0.3, -0.25) is 4.79 Å². The minimum atomic E-state index is 0.0868. The second-order valence-corrected chi connectivity index (χ2v) is 6.62. The van der Waals surface area contributed by atoms with E-state index in [0.717, 1.165) is 29.1 Å². The van der Waals surface area contributed by atoms with Crippen molar-refractivity contribution in [2.24, 2.45) is 5.92 Å². The van der Waals surface area contributed by atoms with Crippen LogP contribution in [-0.2, 0) is 22.4 Å². The topological polar surface area (TPSA) is 81.4 Å². The average molecular weight is 344 g/mol. The molecule has 2 aromatic heterocycles. The molecule has 0 saturated carbocycles. The third-order valence-electron chi connectivity index (χ3n) is 4.56. The molecular formula is C18H24N4O3. The number of amides is 1. The Morgan fingerprint density at radius 3 is 2.88 bits per heavy atom. The molecule has 3 rings (SSSR count). The van der Waals surface area contributed by atoms with E-state index in [1.54, 1.807) is 6.33 Å². The molecule has 1 aliphatic rings. The molecule has 3 heterocycles. The van der Waals surface area contributed by atoms with Crippen molar-refractivity contribution in [2.75, 3.05) is 26.3 Å². The summed E-state index contributed by atoms with van der Waals surface area (Å²) < 4.78 is 10.9. The molecule has 0 spiro atoms. The van der Waals surface area contributed by atoms with Crippen LogP contribution in [0.2, 0.25) is 0 Å². The first-order valence-electron chi connectivity index (χ1n) is 8.57. The molecule has 0 unspecified atom stereocenters. The Bertz CT molecular complexity index is 724. The van der Waals surface area contributed by atoms with Crippen molar-refractivity contribution >= 4 is 5.91 Å². The van der Waals surface area contributed by atoms with Crippen LogP contribution in [0.5, 0.6) is 0 Å². The van der Waals surface area contributed by atoms with Crippen LogP contribution in [0.15, 0.2) is 16.9 Å². The number of aryl methyl sites for hydroxylation is 3. The van der Waals surface area contributed by atoms with Gasteiger partial charge in [0.25, 0.3) is 0 Å². The normalized spacial score (nSPS) is 18.2. The molecule has 0 N–H and O–H groups in total. The molecule has 1 fully saturated rings. The maximum Gasteiger partial charge on any atom is 0.227 e. The van der Waals surface area contributed by atoms with Crippen LogP contribution in [0.25, 0.3) is 0 Å². The van der Waals surface area contributed by atoms with Crippen LogP contribution in [0, 0.1) is 26.7 Å². The molecule has 0 aliphatic carbocycles. The molecular weight excluding hydrogens is 320 g/mol. The molecule has 0 radical (unpaired) electrons. The van der Waals surface area contributed by atoms with Crippen molar-refractivity contribution < 1.29 is 14.1 Å². The third-order valence-corrected chi connectivity index (χ3v) is 4.56. The van der Waals surface area contributed by atoms with Crippen LogP contribution in [0.1, 0.15) is 28.4 Å². The van der Waals surface area contributed by atoms with Gasteiger partial charge in [0, 0.05) is 36.0 Å². The van der Waals surface area contributed by atoms with Crippen molar-refractivity contribution in [1.29, 1.82) is 0 Å². The van der Waals surface area contributed by atoms with Crippen molar-refractivity contribution in [3.63, 3.8) is 0 Å². The average Bonchev–Trinajstić information content (AvgIpc) is 2.78. The van der Waals surface area contributed by atoms with E-state index in [9.17, 15) is 4.79 Å². The summed E-state index contributed by atoms with van der Waals surface area (Å²) >= 11 is 0. The molecule has 1 saturated heterocycles. The van der Waals surface area contributed by atoms with Gasteiger partial charge in [0.15, 0.2) is 0 Å². The zero-order chi connectivity index (χ0) is 17.8. The maximum absolute atomic E-state index is 12.8. The van der Waals surface area contributed by atoms with Gasteiger partial charge in [-0.25, -0.2) is 9.97 Å². The van der Waals surface area contributed by atoms with Gasteiger partial charge in [0.2, 0.25) is 5.91 Å². The van der Waals surface area contributed by atoms with Crippen LogP contribution < -0.4 is 0 Å². The first kappa shape index (κ1) is 17.5. The standard InChI is InChI=1S/C18H24N4O3/c1-12-6-16(20-11-19-12)7-15-9-22(4-5-24-10-15)18(23)8-17-13(2)21-25-14(17)3/h6,11,15H,4-5,7-10H2,1-3H3/t15-/m1/s1. The summed E-state index contributed by atoms with van der Waals surface area (Å²) in [6, 6.07) is 1.99. The highest BCUT2D eigenvalue weighted by Crippen LogP contribution is 2.17. The van der Waals surface area contributed by atoms with E-state index in [1.807, 2.05) is 31.7 Å². The van der Waals surface area contributed by atoms with Gasteiger partial charge >= 0.3 is 0 Å². The van der Waals surface area contributed by atoms with Crippen molar-refractivity contribution in [2.45, 2.75) is 33.6 Å². The molecule has 7 nitrogen and oxygen atoms in total. The monoisotopic (exact) mass is 344 g/mol. The summed E-state index contributed by atoms with van der Waals surface area (Å²) in [6.45, 7) is 8.14. The second-order valence-electron chi connectivity index (χ2n) is 6.62. The highest BCUT2D eigenvalue weighted by Gasteiger charge is 2.25. The van der Waals surface area contributed by atoms with Crippen LogP contribution in [0.4, 0.5) is 0 Å². The predicted molar refractivity (Wildman–Crippen MR) is 91.0 cm³/mol. The van der Waals surface area contributed by atoms with E-state index in [-0.39, 0.29) is 11.8 Å². The second kappa shape index (κ2) is 7.74. The Labute approximate surface area is 147 Å². The lowest BCUT2D eigenvalue weighted by Gasteiger charge is -2.23. The Hall–Kier alpha value is -2.28. The summed E-state index contributed by atoms with van der Waals surface area (Å²) in [5, 5.41) is 3.93. The predicted octanol–water partition coefficient (Wildman–Crippen LogP) is 1.65. The van der Waals surface area contributed by atoms with E-state index >= 15 is 0 Å². The number of carbonyl (C=O) groups is 1. The Balaban J connectivity index is 1.66. The van der Waals surface area contributed by atoms with Gasteiger partial charge in [-0.05, 0) is 33.3 Å². The maximum atomic E-state index is 12.8. The van der Waals surface area contributed by atoms with Gasteiger partial charge in [-0.15, -0.1) is 0 Å². The molecule has 25 heavy (non-hydrogen) atoms. The molecule has 2 aromatic rings. The fraction of sp³-hybridized carbons (Fsp3) is 0.556. The fourth-order valence-electron chi connectivity index (χ4n) is 3.16. The van der Waals surface area contributed by atoms with Gasteiger partial charge in [-0.1, -0.05) is 5.16 Å². The van der Waals surface area contributed by atoms with Crippen LogP contribution in [-0.4, -0.2) is 52.2 Å². The van der Waals surface area contributed by atoms with Crippen molar-refractivity contribution in [3.8, 4) is 0 Å². The lowest BCUT2D eigenvalue weighted by molar-refractivity contribution is -0.130. The first-order chi connectivity index (χ1) is 12.0. The van der Waals surface area contributed by atoms with E-state index in [2.05, 4.69) is 15.1 Å². The number of carbonyl (C=O) groups excluding carboxylic acids is 1. The van der Waals surface area contributed by atoms with Crippen LogP contribution >= 0.6 is 0 Å². The van der Waals surface area contributed by atoms with E-state index < -0.39 is 0 Å². The smallest absolute Gasteiger partial charge is 0.227 e. The third kappa shape index (κ3) is 4.42. The van der Waals surface area contributed by atoms with E-state index in [4.69, 9.17) is 9.26 Å². The van der Waals surface area contributed by atoms with Crippen molar-refractivity contribution in [3.05, 3.63) is 40.8 Å². The summed E-state index contributed by atoms with van der Waals surface area (Å²) in [4.78, 5) is 23.1. The number of aromatic nitrogens is 3. The summed E-state index contributed by atoms with van der Waals surface area (Å²) in [6.07, 6.45) is 2.68. The fourth-order valence-corrected chi connectivity index (χ4v) is 3.16. The number of hydrogen-bond donors (Lipinski definition) is 0. The molecule has 1 atom stereocenters. The summed E-state index contributed by atoms with van der Waals surface area (Å²) in [7, 11) is 0. The van der Waals surface area contributed by atoms with Gasteiger partial charge in [0.05, 0.1) is 25.3 Å². The van der Waals surface area contributed by atoms with E-state index in [1.165, 1.54) is 0 Å². The molecule has 0 aromatic carbocycles. The van der Waals surface area contributed by atoms with Crippen LogP contribution in [0.3, 0.4) is 0 Å².